The zero-order valence-electron chi connectivity index (χ0n) is 18.8. The normalized spacial score (nSPS) is 10.6. The lowest BCUT2D eigenvalue weighted by atomic mass is 10.1. The number of ether oxygens (including phenoxy) is 1. The minimum absolute atomic E-state index is 0.0981. The van der Waals surface area contributed by atoms with Gasteiger partial charge < -0.3 is 10.5 Å². The predicted molar refractivity (Wildman–Crippen MR) is 127 cm³/mol. The summed E-state index contributed by atoms with van der Waals surface area (Å²) in [5.74, 6) is -0.288. The van der Waals surface area contributed by atoms with Crippen molar-refractivity contribution in [1.82, 2.24) is 9.55 Å². The zero-order valence-corrected chi connectivity index (χ0v) is 18.8. The molecule has 0 atom stereocenters. The Hall–Kier alpha value is -4.41. The van der Waals surface area contributed by atoms with E-state index in [2.05, 4.69) is 4.98 Å². The molecular formula is C23H25N5O6. The highest BCUT2D eigenvalue weighted by Gasteiger charge is 2.27. The number of hydrogen-bond donors (Lipinski definition) is 2. The number of carbonyl (C=O) groups is 1. The first kappa shape index (κ1) is 24.2. The van der Waals surface area contributed by atoms with E-state index in [1.807, 2.05) is 6.92 Å². The number of H-pyrrole nitrogens is 1. The zero-order chi connectivity index (χ0) is 24.8. The topological polar surface area (TPSA) is 154 Å². The van der Waals surface area contributed by atoms with E-state index in [1.165, 1.54) is 35.9 Å². The second kappa shape index (κ2) is 10.5. The number of carbonyl (C=O) groups excluding carboxylic acids is 1. The maximum absolute atomic E-state index is 13.6. The van der Waals surface area contributed by atoms with Gasteiger partial charge in [0.25, 0.3) is 17.2 Å². The summed E-state index contributed by atoms with van der Waals surface area (Å²) in [6.07, 6.45) is 1.42. The average Bonchev–Trinajstić information content (AvgIpc) is 2.83. The number of rotatable bonds is 9. The summed E-state index contributed by atoms with van der Waals surface area (Å²) in [5.41, 5.74) is 5.09. The number of nitrogens with zero attached hydrogens (tertiary/aromatic N) is 3. The highest BCUT2D eigenvalue weighted by atomic mass is 16.6. The minimum atomic E-state index is -0.819. The number of benzene rings is 2. The fourth-order valence-corrected chi connectivity index (χ4v) is 3.51. The summed E-state index contributed by atoms with van der Waals surface area (Å²) < 4.78 is 6.60. The van der Waals surface area contributed by atoms with Crippen LogP contribution in [0, 0.1) is 10.1 Å². The molecule has 2 aromatic carbocycles. The van der Waals surface area contributed by atoms with Gasteiger partial charge in [0.15, 0.2) is 5.69 Å². The van der Waals surface area contributed by atoms with E-state index < -0.39 is 22.1 Å². The molecule has 0 aliphatic rings. The van der Waals surface area contributed by atoms with Crippen molar-refractivity contribution in [3.63, 3.8) is 0 Å². The standard InChI is InChI=1S/C23H25N5O6/c1-3-4-13-26-20(24)19(21(29)25-23(26)31)27(14-16-7-5-6-8-18(16)34-2)22(30)15-9-11-17(12-10-15)28(32)33/h5-12H,3-4,13-14,24H2,1-2H3,(H,25,29,31). The first-order valence-corrected chi connectivity index (χ1v) is 10.6. The van der Waals surface area contributed by atoms with Crippen molar-refractivity contribution >= 4 is 23.1 Å². The van der Waals surface area contributed by atoms with Crippen LogP contribution in [-0.2, 0) is 13.1 Å². The molecule has 0 spiro atoms. The summed E-state index contributed by atoms with van der Waals surface area (Å²) >= 11 is 0. The number of nitrogens with one attached hydrogen (secondary N) is 1. The van der Waals surface area contributed by atoms with Crippen LogP contribution in [0.15, 0.2) is 58.1 Å². The molecular weight excluding hydrogens is 442 g/mol. The third-order valence-electron chi connectivity index (χ3n) is 5.31. The Balaban J connectivity index is 2.17. The molecule has 178 valence electrons. The number of methoxy groups -OCH3 is 1. The predicted octanol–water partition coefficient (Wildman–Crippen LogP) is 2.68. The lowest BCUT2D eigenvalue weighted by molar-refractivity contribution is -0.384. The van der Waals surface area contributed by atoms with Gasteiger partial charge in [0, 0.05) is 29.8 Å². The number of non-ortho nitro benzene ring substituents is 1. The van der Waals surface area contributed by atoms with Crippen molar-refractivity contribution in [1.29, 1.82) is 0 Å². The number of aromatic nitrogens is 2. The first-order valence-electron chi connectivity index (χ1n) is 10.6. The molecule has 1 heterocycles. The van der Waals surface area contributed by atoms with E-state index in [0.717, 1.165) is 11.3 Å². The number of nitrogens with two attached hydrogens (primary N) is 1. The molecule has 3 N–H and O–H groups in total. The molecule has 1 amide bonds. The summed E-state index contributed by atoms with van der Waals surface area (Å²) in [6.45, 7) is 2.11. The van der Waals surface area contributed by atoms with Crippen LogP contribution in [0.5, 0.6) is 5.75 Å². The maximum Gasteiger partial charge on any atom is 0.330 e. The summed E-state index contributed by atoms with van der Waals surface area (Å²) in [5, 5.41) is 11.0. The second-order valence-corrected chi connectivity index (χ2v) is 7.51. The highest BCUT2D eigenvalue weighted by molar-refractivity contribution is 6.07. The molecule has 11 heteroatoms. The van der Waals surface area contributed by atoms with Crippen LogP contribution in [0.4, 0.5) is 17.2 Å². The highest BCUT2D eigenvalue weighted by Crippen LogP contribution is 2.26. The number of nitro groups is 1. The fraction of sp³-hybridized carbons (Fsp3) is 0.261. The van der Waals surface area contributed by atoms with Crippen LogP contribution in [0.1, 0.15) is 35.7 Å². The van der Waals surface area contributed by atoms with Crippen molar-refractivity contribution in [2.24, 2.45) is 0 Å². The summed E-state index contributed by atoms with van der Waals surface area (Å²) in [7, 11) is 1.48. The molecule has 3 aromatic rings. The first-order chi connectivity index (χ1) is 16.3. The van der Waals surface area contributed by atoms with Crippen molar-refractivity contribution in [2.45, 2.75) is 32.9 Å². The van der Waals surface area contributed by atoms with Gasteiger partial charge in [-0.05, 0) is 24.6 Å². The summed E-state index contributed by atoms with van der Waals surface area (Å²) in [4.78, 5) is 52.6. The smallest absolute Gasteiger partial charge is 0.330 e. The van der Waals surface area contributed by atoms with Crippen LogP contribution >= 0.6 is 0 Å². The van der Waals surface area contributed by atoms with Crippen LogP contribution in [0.3, 0.4) is 0 Å². The number of amides is 1. The number of anilines is 2. The second-order valence-electron chi connectivity index (χ2n) is 7.51. The van der Waals surface area contributed by atoms with Gasteiger partial charge in [-0.15, -0.1) is 0 Å². The van der Waals surface area contributed by atoms with Gasteiger partial charge in [-0.1, -0.05) is 31.5 Å². The molecule has 0 saturated carbocycles. The fourth-order valence-electron chi connectivity index (χ4n) is 3.51. The Kier molecular flexibility index (Phi) is 7.46. The number of hydrogen-bond acceptors (Lipinski definition) is 7. The van der Waals surface area contributed by atoms with Gasteiger partial charge in [-0.3, -0.25) is 34.2 Å². The Morgan fingerprint density at radius 1 is 1.18 bits per heavy atom. The Labute approximate surface area is 194 Å². The lowest BCUT2D eigenvalue weighted by Crippen LogP contribution is -2.41. The van der Waals surface area contributed by atoms with Gasteiger partial charge in [0.1, 0.15) is 11.6 Å². The van der Waals surface area contributed by atoms with Crippen LogP contribution in [-0.4, -0.2) is 27.5 Å². The van der Waals surface area contributed by atoms with Crippen LogP contribution < -0.4 is 26.6 Å². The number of unbranched alkanes of at least 4 members (excludes halogenated alkanes) is 1. The third kappa shape index (κ3) is 4.98. The van der Waals surface area contributed by atoms with Crippen molar-refractivity contribution < 1.29 is 14.5 Å². The van der Waals surface area contributed by atoms with E-state index in [0.29, 0.717) is 17.7 Å². The molecule has 0 fully saturated rings. The van der Waals surface area contributed by atoms with Crippen LogP contribution in [0.2, 0.25) is 0 Å². The maximum atomic E-state index is 13.6. The molecule has 3 rings (SSSR count). The minimum Gasteiger partial charge on any atom is -0.496 e. The van der Waals surface area contributed by atoms with Crippen molar-refractivity contribution in [3.05, 3.63) is 90.6 Å². The number of nitro benzene ring substituents is 1. The molecule has 0 saturated heterocycles. The quantitative estimate of drug-likeness (QED) is 0.362. The Morgan fingerprint density at radius 2 is 1.85 bits per heavy atom. The van der Waals surface area contributed by atoms with E-state index in [9.17, 15) is 24.5 Å². The monoisotopic (exact) mass is 467 g/mol. The molecule has 1 aromatic heterocycles. The SMILES string of the molecule is CCCCn1c(N)c(N(Cc2ccccc2OC)C(=O)c2ccc([N+](=O)[O-])cc2)c(=O)[nH]c1=O. The Bertz CT molecular complexity index is 1310. The largest absolute Gasteiger partial charge is 0.496 e. The van der Waals surface area contributed by atoms with E-state index >= 15 is 0 Å². The molecule has 0 bridgehead atoms. The Morgan fingerprint density at radius 3 is 2.47 bits per heavy atom. The van der Waals surface area contributed by atoms with E-state index in [4.69, 9.17) is 10.5 Å². The molecule has 0 radical (unpaired) electrons. The van der Waals surface area contributed by atoms with Crippen molar-refractivity contribution in [3.8, 4) is 5.75 Å². The van der Waals surface area contributed by atoms with E-state index in [-0.39, 0.29) is 35.8 Å². The molecule has 0 unspecified atom stereocenters. The third-order valence-corrected chi connectivity index (χ3v) is 5.31. The number of nitrogen functional groups attached to an aromatic ring is 1. The number of aromatic amines is 1. The van der Waals surface area contributed by atoms with Gasteiger partial charge in [0.2, 0.25) is 0 Å². The van der Waals surface area contributed by atoms with Gasteiger partial charge in [-0.2, -0.15) is 0 Å². The van der Waals surface area contributed by atoms with Gasteiger partial charge in [0.05, 0.1) is 18.6 Å². The lowest BCUT2D eigenvalue weighted by Gasteiger charge is -2.25. The average molecular weight is 467 g/mol. The van der Waals surface area contributed by atoms with Crippen LogP contribution in [0.25, 0.3) is 0 Å². The van der Waals surface area contributed by atoms with Crippen molar-refractivity contribution in [2.75, 3.05) is 17.7 Å². The van der Waals surface area contributed by atoms with Gasteiger partial charge >= 0.3 is 5.69 Å². The summed E-state index contributed by atoms with van der Waals surface area (Å²) in [6, 6.07) is 11.9. The number of para-hydroxylation sites is 1. The molecule has 34 heavy (non-hydrogen) atoms. The van der Waals surface area contributed by atoms with Gasteiger partial charge in [-0.25, -0.2) is 4.79 Å². The molecule has 0 aliphatic heterocycles. The van der Waals surface area contributed by atoms with E-state index in [1.54, 1.807) is 24.3 Å². The molecule has 11 nitrogen and oxygen atoms in total. The molecule has 0 aliphatic carbocycles.